The van der Waals surface area contributed by atoms with Gasteiger partial charge in [0.15, 0.2) is 0 Å². The Morgan fingerprint density at radius 2 is 1.25 bits per heavy atom. The molecule has 0 amide bonds. The predicted molar refractivity (Wildman–Crippen MR) is 49.5 cm³/mol. The minimum absolute atomic E-state index is 1.75. The Morgan fingerprint density at radius 1 is 0.667 bits per heavy atom. The van der Waals surface area contributed by atoms with Crippen molar-refractivity contribution in [3.63, 3.8) is 0 Å². The minimum Gasteiger partial charge on any atom is -0.265 e. The second-order valence-corrected chi connectivity index (χ2v) is 2.10. The predicted octanol–water partition coefficient (Wildman–Crippen LogP) is 2.57. The number of nitrogens with zero attached hydrogens (tertiary/aromatic N) is 1. The van der Waals surface area contributed by atoms with Crippen LogP contribution in [0.15, 0.2) is 60.9 Å². The van der Waals surface area contributed by atoms with Crippen LogP contribution in [-0.2, 0) is 0 Å². The molecule has 1 aromatic heterocycles. The number of pyridine rings is 1. The summed E-state index contributed by atoms with van der Waals surface area (Å²) in [4.78, 5) is 3.78. The van der Waals surface area contributed by atoms with E-state index < -0.39 is 0 Å². The molecule has 0 saturated heterocycles. The summed E-state index contributed by atoms with van der Waals surface area (Å²) < 4.78 is 0. The molecule has 0 aliphatic rings. The van der Waals surface area contributed by atoms with Gasteiger partial charge < -0.3 is 0 Å². The number of hydrogen-bond donors (Lipinski definition) is 0. The number of aromatic nitrogens is 1. The summed E-state index contributed by atoms with van der Waals surface area (Å²) in [5.74, 6) is 0. The Labute approximate surface area is 72.7 Å². The van der Waals surface area contributed by atoms with Crippen LogP contribution >= 0.6 is 0 Å². The fourth-order valence-corrected chi connectivity index (χ4v) is 0.655. The molecule has 0 aliphatic heterocycles. The third kappa shape index (κ3) is 4.23. The van der Waals surface area contributed by atoms with Crippen LogP contribution in [-0.4, -0.2) is 4.98 Å². The smallest absolute Gasteiger partial charge is 0.0267 e. The summed E-state index contributed by atoms with van der Waals surface area (Å²) in [5.41, 5.74) is 0. The second-order valence-electron chi connectivity index (χ2n) is 2.10. The van der Waals surface area contributed by atoms with Crippen LogP contribution in [0, 0.1) is 6.07 Å². The standard InChI is InChI=1S/C6H5.C5H5N/c2*1-2-4-6-5-3-1/h2*1-5H. The van der Waals surface area contributed by atoms with Gasteiger partial charge in [-0.05, 0) is 18.2 Å². The fourth-order valence-electron chi connectivity index (χ4n) is 0.655. The van der Waals surface area contributed by atoms with Gasteiger partial charge in [0.1, 0.15) is 0 Å². The van der Waals surface area contributed by atoms with E-state index in [0.29, 0.717) is 0 Å². The van der Waals surface area contributed by atoms with Gasteiger partial charge in [-0.2, -0.15) is 0 Å². The van der Waals surface area contributed by atoms with E-state index in [2.05, 4.69) is 11.1 Å². The van der Waals surface area contributed by atoms with E-state index in [1.807, 2.05) is 48.5 Å². The maximum absolute atomic E-state index is 3.78. The van der Waals surface area contributed by atoms with Crippen LogP contribution in [0.25, 0.3) is 0 Å². The first kappa shape index (κ1) is 8.47. The molecular formula is C11H10N. The van der Waals surface area contributed by atoms with Gasteiger partial charge >= 0.3 is 0 Å². The Balaban J connectivity index is 0.000000120. The summed E-state index contributed by atoms with van der Waals surface area (Å²) in [6, 6.07) is 18.2. The SMILES string of the molecule is [c]1ccccc1.c1ccncc1. The van der Waals surface area contributed by atoms with E-state index in [9.17, 15) is 0 Å². The van der Waals surface area contributed by atoms with Crippen molar-refractivity contribution in [1.29, 1.82) is 0 Å². The van der Waals surface area contributed by atoms with Crippen LogP contribution in [0.5, 0.6) is 0 Å². The second kappa shape index (κ2) is 6.10. The van der Waals surface area contributed by atoms with E-state index in [0.717, 1.165) is 0 Å². The molecule has 0 bridgehead atoms. The molecular weight excluding hydrogens is 146 g/mol. The molecule has 2 aromatic rings. The molecule has 0 N–H and O–H groups in total. The zero-order valence-corrected chi connectivity index (χ0v) is 6.72. The Hall–Kier alpha value is -1.63. The molecule has 2 rings (SSSR count). The zero-order valence-electron chi connectivity index (χ0n) is 6.72. The molecule has 1 nitrogen and oxygen atoms in total. The number of hydrogen-bond acceptors (Lipinski definition) is 1. The van der Waals surface area contributed by atoms with Crippen LogP contribution < -0.4 is 0 Å². The third-order valence-electron chi connectivity index (χ3n) is 1.17. The summed E-state index contributed by atoms with van der Waals surface area (Å²) >= 11 is 0. The van der Waals surface area contributed by atoms with E-state index in [-0.39, 0.29) is 0 Å². The van der Waals surface area contributed by atoms with Crippen molar-refractivity contribution in [3.8, 4) is 0 Å². The normalized spacial score (nSPS) is 8.00. The Bertz CT molecular complexity index is 180. The highest BCUT2D eigenvalue weighted by molar-refractivity contribution is 4.97. The van der Waals surface area contributed by atoms with Crippen molar-refractivity contribution in [1.82, 2.24) is 4.98 Å². The molecule has 0 saturated carbocycles. The third-order valence-corrected chi connectivity index (χ3v) is 1.17. The molecule has 1 heteroatoms. The molecule has 0 atom stereocenters. The van der Waals surface area contributed by atoms with Crippen LogP contribution in [0.3, 0.4) is 0 Å². The van der Waals surface area contributed by atoms with Gasteiger partial charge in [-0.25, -0.2) is 0 Å². The lowest BCUT2D eigenvalue weighted by Crippen LogP contribution is -1.58. The van der Waals surface area contributed by atoms with Gasteiger partial charge in [-0.15, -0.1) is 0 Å². The maximum Gasteiger partial charge on any atom is 0.0267 e. The van der Waals surface area contributed by atoms with Gasteiger partial charge in [-0.3, -0.25) is 4.98 Å². The molecule has 1 heterocycles. The lowest BCUT2D eigenvalue weighted by molar-refractivity contribution is 1.33. The lowest BCUT2D eigenvalue weighted by atomic mass is 10.4. The fraction of sp³-hybridized carbons (Fsp3) is 0. The number of benzene rings is 1. The first-order valence-corrected chi connectivity index (χ1v) is 3.76. The zero-order chi connectivity index (χ0) is 8.49. The highest BCUT2D eigenvalue weighted by Crippen LogP contribution is 1.78. The van der Waals surface area contributed by atoms with E-state index >= 15 is 0 Å². The first-order chi connectivity index (χ1) is 6.00. The van der Waals surface area contributed by atoms with Crippen molar-refractivity contribution in [2.45, 2.75) is 0 Å². The highest BCUT2D eigenvalue weighted by atomic mass is 14.6. The van der Waals surface area contributed by atoms with Gasteiger partial charge in [0, 0.05) is 12.4 Å². The monoisotopic (exact) mass is 156 g/mol. The Kier molecular flexibility index (Phi) is 4.31. The molecule has 0 aliphatic carbocycles. The van der Waals surface area contributed by atoms with Gasteiger partial charge in [-0.1, -0.05) is 36.4 Å². The van der Waals surface area contributed by atoms with Crippen LogP contribution in [0.1, 0.15) is 0 Å². The molecule has 59 valence electrons. The Morgan fingerprint density at radius 3 is 1.42 bits per heavy atom. The van der Waals surface area contributed by atoms with Gasteiger partial charge in [0.25, 0.3) is 0 Å². The highest BCUT2D eigenvalue weighted by Gasteiger charge is 1.59. The minimum atomic E-state index is 1.75. The van der Waals surface area contributed by atoms with Crippen molar-refractivity contribution in [3.05, 3.63) is 67.0 Å². The summed E-state index contributed by atoms with van der Waals surface area (Å²) in [5, 5.41) is 0. The molecule has 0 fully saturated rings. The van der Waals surface area contributed by atoms with Gasteiger partial charge in [0.2, 0.25) is 0 Å². The summed E-state index contributed by atoms with van der Waals surface area (Å²) in [7, 11) is 0. The quantitative estimate of drug-likeness (QED) is 0.571. The summed E-state index contributed by atoms with van der Waals surface area (Å²) in [6.07, 6.45) is 3.50. The van der Waals surface area contributed by atoms with E-state index in [4.69, 9.17) is 0 Å². The number of rotatable bonds is 0. The first-order valence-electron chi connectivity index (χ1n) is 3.76. The lowest BCUT2D eigenvalue weighted by Gasteiger charge is -1.70. The molecule has 12 heavy (non-hydrogen) atoms. The average molecular weight is 156 g/mol. The van der Waals surface area contributed by atoms with Crippen molar-refractivity contribution < 1.29 is 0 Å². The van der Waals surface area contributed by atoms with Crippen molar-refractivity contribution >= 4 is 0 Å². The largest absolute Gasteiger partial charge is 0.265 e. The molecule has 1 radical (unpaired) electrons. The van der Waals surface area contributed by atoms with E-state index in [1.54, 1.807) is 12.4 Å². The molecule has 0 spiro atoms. The average Bonchev–Trinajstić information content (AvgIpc) is 2.24. The molecule has 0 unspecified atom stereocenters. The molecule has 1 aromatic carbocycles. The maximum atomic E-state index is 3.78. The van der Waals surface area contributed by atoms with Crippen LogP contribution in [0.4, 0.5) is 0 Å². The topological polar surface area (TPSA) is 12.9 Å². The van der Waals surface area contributed by atoms with Crippen molar-refractivity contribution in [2.24, 2.45) is 0 Å². The van der Waals surface area contributed by atoms with Gasteiger partial charge in [0.05, 0.1) is 0 Å². The summed E-state index contributed by atoms with van der Waals surface area (Å²) in [6.45, 7) is 0. The van der Waals surface area contributed by atoms with Crippen LogP contribution in [0.2, 0.25) is 0 Å². The van der Waals surface area contributed by atoms with Crippen molar-refractivity contribution in [2.75, 3.05) is 0 Å². The van der Waals surface area contributed by atoms with E-state index in [1.165, 1.54) is 0 Å².